The van der Waals surface area contributed by atoms with Crippen LogP contribution in [0.4, 0.5) is 5.13 Å². The van der Waals surface area contributed by atoms with Crippen molar-refractivity contribution in [1.82, 2.24) is 24.9 Å². The zero-order chi connectivity index (χ0) is 18.7. The van der Waals surface area contributed by atoms with Crippen molar-refractivity contribution in [2.24, 2.45) is 7.05 Å². The van der Waals surface area contributed by atoms with Gasteiger partial charge in [0.2, 0.25) is 11.0 Å². The molecule has 0 aliphatic heterocycles. The van der Waals surface area contributed by atoms with Crippen LogP contribution in [0.1, 0.15) is 60.0 Å². The summed E-state index contributed by atoms with van der Waals surface area (Å²) in [6.45, 7) is 5.07. The Kier molecular flexibility index (Phi) is 6.03. The first-order chi connectivity index (χ1) is 12.4. The first-order valence-corrected chi connectivity index (χ1v) is 10.1. The first-order valence-electron chi connectivity index (χ1n) is 9.25. The third kappa shape index (κ3) is 4.48. The summed E-state index contributed by atoms with van der Waals surface area (Å²) < 4.78 is 1.88. The van der Waals surface area contributed by atoms with Gasteiger partial charge in [-0.25, -0.2) is 0 Å². The molecule has 1 fully saturated rings. The Morgan fingerprint density at radius 1 is 1.27 bits per heavy atom. The van der Waals surface area contributed by atoms with Crippen molar-refractivity contribution in [1.29, 1.82) is 0 Å². The van der Waals surface area contributed by atoms with Gasteiger partial charge in [-0.3, -0.25) is 19.7 Å². The normalized spacial score (nSPS) is 15.6. The molecule has 26 heavy (non-hydrogen) atoms. The molecule has 0 unspecified atom stereocenters. The number of nitrogens with one attached hydrogen (secondary N) is 1. The number of carbonyl (C=O) groups is 1. The quantitative estimate of drug-likeness (QED) is 0.839. The molecule has 0 atom stereocenters. The Labute approximate surface area is 158 Å². The molecule has 0 spiro atoms. The number of amides is 1. The van der Waals surface area contributed by atoms with E-state index in [1.165, 1.54) is 49.0 Å². The lowest BCUT2D eigenvalue weighted by molar-refractivity contribution is -0.117. The highest BCUT2D eigenvalue weighted by molar-refractivity contribution is 7.15. The fourth-order valence-electron chi connectivity index (χ4n) is 3.58. The number of rotatable bonds is 6. The second-order valence-corrected chi connectivity index (χ2v) is 8.28. The fraction of sp³-hybridized carbons (Fsp3) is 0.667. The van der Waals surface area contributed by atoms with E-state index < -0.39 is 0 Å². The van der Waals surface area contributed by atoms with Crippen molar-refractivity contribution in [2.75, 3.05) is 18.9 Å². The van der Waals surface area contributed by atoms with Gasteiger partial charge >= 0.3 is 0 Å². The molecule has 2 heterocycles. The van der Waals surface area contributed by atoms with Crippen LogP contribution in [0.5, 0.6) is 0 Å². The van der Waals surface area contributed by atoms with Crippen LogP contribution in [0.15, 0.2) is 0 Å². The molecule has 0 aromatic carbocycles. The van der Waals surface area contributed by atoms with E-state index >= 15 is 0 Å². The number of anilines is 1. The zero-order valence-corrected chi connectivity index (χ0v) is 16.9. The molecular weight excluding hydrogens is 348 g/mol. The molecule has 8 heteroatoms. The summed E-state index contributed by atoms with van der Waals surface area (Å²) in [7, 11) is 3.89. The molecule has 1 amide bonds. The molecule has 7 nitrogen and oxygen atoms in total. The lowest BCUT2D eigenvalue weighted by Crippen LogP contribution is -2.30. The van der Waals surface area contributed by atoms with Gasteiger partial charge in [0.15, 0.2) is 0 Å². The number of likely N-dealkylation sites (N-methyl/N-ethyl adjacent to an activating group) is 1. The molecule has 3 rings (SSSR count). The molecule has 142 valence electrons. The van der Waals surface area contributed by atoms with Gasteiger partial charge in [-0.05, 0) is 33.7 Å². The summed E-state index contributed by atoms with van der Waals surface area (Å²) in [5.41, 5.74) is 3.33. The maximum absolute atomic E-state index is 12.3. The summed E-state index contributed by atoms with van der Waals surface area (Å²) in [6, 6.07) is 0. The van der Waals surface area contributed by atoms with E-state index in [0.717, 1.165) is 16.4 Å². The summed E-state index contributed by atoms with van der Waals surface area (Å²) in [4.78, 5) is 14.3. The van der Waals surface area contributed by atoms with Gasteiger partial charge in [-0.15, -0.1) is 10.2 Å². The minimum absolute atomic E-state index is 0.0574. The van der Waals surface area contributed by atoms with Crippen LogP contribution in [-0.4, -0.2) is 44.4 Å². The smallest absolute Gasteiger partial charge is 0.240 e. The van der Waals surface area contributed by atoms with E-state index in [9.17, 15) is 4.79 Å². The largest absolute Gasteiger partial charge is 0.299 e. The van der Waals surface area contributed by atoms with Crippen molar-refractivity contribution < 1.29 is 4.79 Å². The molecule has 2 aromatic heterocycles. The standard InChI is InChI=1S/C18H28N6OS/c1-12-15(13(2)24(4)22-12)10-23(3)11-16(25)19-18-21-20-17(26-18)14-8-6-5-7-9-14/h14H,5-11H2,1-4H3,(H,19,21,25). The molecule has 1 aliphatic rings. The summed E-state index contributed by atoms with van der Waals surface area (Å²) >= 11 is 1.52. The van der Waals surface area contributed by atoms with E-state index in [0.29, 0.717) is 24.1 Å². The number of hydrogen-bond acceptors (Lipinski definition) is 6. The van der Waals surface area contributed by atoms with Crippen molar-refractivity contribution in [3.05, 3.63) is 22.0 Å². The van der Waals surface area contributed by atoms with Gasteiger partial charge in [0.25, 0.3) is 0 Å². The van der Waals surface area contributed by atoms with Gasteiger partial charge < -0.3 is 0 Å². The van der Waals surface area contributed by atoms with Crippen LogP contribution in [0.25, 0.3) is 0 Å². The minimum atomic E-state index is -0.0574. The third-order valence-electron chi connectivity index (χ3n) is 5.14. The minimum Gasteiger partial charge on any atom is -0.299 e. The average molecular weight is 377 g/mol. The van der Waals surface area contributed by atoms with Gasteiger partial charge in [0, 0.05) is 30.8 Å². The highest BCUT2D eigenvalue weighted by atomic mass is 32.1. The van der Waals surface area contributed by atoms with Crippen molar-refractivity contribution in [2.45, 2.75) is 58.4 Å². The topological polar surface area (TPSA) is 75.9 Å². The van der Waals surface area contributed by atoms with Crippen LogP contribution < -0.4 is 5.32 Å². The van der Waals surface area contributed by atoms with E-state index in [2.05, 4.69) is 27.5 Å². The molecule has 0 bridgehead atoms. The number of aryl methyl sites for hydroxylation is 2. The molecule has 1 aliphatic carbocycles. The summed E-state index contributed by atoms with van der Waals surface area (Å²) in [5, 5.41) is 17.5. The van der Waals surface area contributed by atoms with E-state index in [-0.39, 0.29) is 5.91 Å². The average Bonchev–Trinajstić information content (AvgIpc) is 3.16. The van der Waals surface area contributed by atoms with Gasteiger partial charge in [-0.1, -0.05) is 30.6 Å². The van der Waals surface area contributed by atoms with Crippen molar-refractivity contribution >= 4 is 22.4 Å². The monoisotopic (exact) mass is 376 g/mol. The number of carbonyl (C=O) groups excluding carboxylic acids is 1. The Morgan fingerprint density at radius 3 is 2.65 bits per heavy atom. The SMILES string of the molecule is Cc1nn(C)c(C)c1CN(C)CC(=O)Nc1nnc(C2CCCCC2)s1. The molecule has 1 saturated carbocycles. The number of aromatic nitrogens is 4. The second-order valence-electron chi connectivity index (χ2n) is 7.27. The maximum Gasteiger partial charge on any atom is 0.240 e. The van der Waals surface area contributed by atoms with E-state index in [4.69, 9.17) is 0 Å². The van der Waals surface area contributed by atoms with Crippen molar-refractivity contribution in [3.8, 4) is 0 Å². The Balaban J connectivity index is 1.52. The van der Waals surface area contributed by atoms with Crippen LogP contribution in [0, 0.1) is 13.8 Å². The second kappa shape index (κ2) is 8.26. The highest BCUT2D eigenvalue weighted by Gasteiger charge is 2.20. The Hall–Kier alpha value is -1.80. The predicted molar refractivity (Wildman–Crippen MR) is 103 cm³/mol. The van der Waals surface area contributed by atoms with E-state index in [1.807, 2.05) is 30.6 Å². The number of nitrogens with zero attached hydrogens (tertiary/aromatic N) is 5. The fourth-order valence-corrected chi connectivity index (χ4v) is 4.50. The van der Waals surface area contributed by atoms with Gasteiger partial charge in [0.1, 0.15) is 5.01 Å². The molecule has 0 saturated heterocycles. The first kappa shape index (κ1) is 19.0. The molecule has 2 aromatic rings. The van der Waals surface area contributed by atoms with Gasteiger partial charge in [0.05, 0.1) is 12.2 Å². The van der Waals surface area contributed by atoms with Crippen LogP contribution in [0.2, 0.25) is 0 Å². The molecule has 0 radical (unpaired) electrons. The maximum atomic E-state index is 12.3. The van der Waals surface area contributed by atoms with Gasteiger partial charge in [-0.2, -0.15) is 5.10 Å². The van der Waals surface area contributed by atoms with Crippen LogP contribution in [0.3, 0.4) is 0 Å². The third-order valence-corrected chi connectivity index (χ3v) is 6.14. The molecule has 1 N–H and O–H groups in total. The van der Waals surface area contributed by atoms with Crippen LogP contribution in [-0.2, 0) is 18.4 Å². The molecular formula is C18H28N6OS. The zero-order valence-electron chi connectivity index (χ0n) is 16.1. The number of hydrogen-bond donors (Lipinski definition) is 1. The predicted octanol–water partition coefficient (Wildman–Crippen LogP) is 3.01. The summed E-state index contributed by atoms with van der Waals surface area (Å²) in [6.07, 6.45) is 6.24. The Bertz CT molecular complexity index is 762. The Morgan fingerprint density at radius 2 is 2.00 bits per heavy atom. The lowest BCUT2D eigenvalue weighted by atomic mass is 9.90. The summed E-state index contributed by atoms with van der Waals surface area (Å²) in [5.74, 6) is 0.462. The van der Waals surface area contributed by atoms with Crippen LogP contribution >= 0.6 is 11.3 Å². The van der Waals surface area contributed by atoms with Crippen molar-refractivity contribution in [3.63, 3.8) is 0 Å². The highest BCUT2D eigenvalue weighted by Crippen LogP contribution is 2.35. The lowest BCUT2D eigenvalue weighted by Gasteiger charge is -2.18. The van der Waals surface area contributed by atoms with E-state index in [1.54, 1.807) is 0 Å².